The Morgan fingerprint density at radius 2 is 1.93 bits per heavy atom. The first-order valence-corrected chi connectivity index (χ1v) is 11.8. The number of hydrogen-bond acceptors (Lipinski definition) is 5. The summed E-state index contributed by atoms with van der Waals surface area (Å²) in [4.78, 5) is 9.14. The van der Waals surface area contributed by atoms with E-state index in [9.17, 15) is 8.42 Å². The molecule has 4 heterocycles. The summed E-state index contributed by atoms with van der Waals surface area (Å²) in [5.74, 6) is 0. The van der Waals surface area contributed by atoms with Crippen LogP contribution in [0.15, 0.2) is 53.7 Å². The van der Waals surface area contributed by atoms with Crippen molar-refractivity contribution in [3.05, 3.63) is 59.9 Å². The van der Waals surface area contributed by atoms with Gasteiger partial charge in [0.2, 0.25) is 0 Å². The molecule has 0 amide bonds. The third kappa shape index (κ3) is 3.13. The lowest BCUT2D eigenvalue weighted by Crippen LogP contribution is -2.25. The summed E-state index contributed by atoms with van der Waals surface area (Å²) < 4.78 is 28.7. The van der Waals surface area contributed by atoms with Gasteiger partial charge in [-0.15, -0.1) is 0 Å². The van der Waals surface area contributed by atoms with E-state index in [2.05, 4.69) is 27.9 Å². The highest BCUT2D eigenvalue weighted by atomic mass is 32.2. The zero-order valence-corrected chi connectivity index (χ0v) is 18.2. The summed E-state index contributed by atoms with van der Waals surface area (Å²) in [5.41, 5.74) is 4.84. The van der Waals surface area contributed by atoms with Gasteiger partial charge in [-0.05, 0) is 61.7 Å². The van der Waals surface area contributed by atoms with E-state index >= 15 is 0 Å². The van der Waals surface area contributed by atoms with Gasteiger partial charge in [0.15, 0.2) is 5.65 Å². The number of pyridine rings is 1. The molecule has 0 fully saturated rings. The highest BCUT2D eigenvalue weighted by Crippen LogP contribution is 2.34. The van der Waals surface area contributed by atoms with E-state index in [1.807, 2.05) is 31.3 Å². The second-order valence-electron chi connectivity index (χ2n) is 8.28. The van der Waals surface area contributed by atoms with Crippen LogP contribution in [0.3, 0.4) is 0 Å². The lowest BCUT2D eigenvalue weighted by atomic mass is 10.00. The van der Waals surface area contributed by atoms with Crippen molar-refractivity contribution in [3.63, 3.8) is 0 Å². The van der Waals surface area contributed by atoms with Gasteiger partial charge in [-0.3, -0.25) is 0 Å². The Morgan fingerprint density at radius 3 is 2.73 bits per heavy atom. The van der Waals surface area contributed by atoms with Gasteiger partial charge in [-0.2, -0.15) is 0 Å². The predicted molar refractivity (Wildman–Crippen MR) is 120 cm³/mol. The van der Waals surface area contributed by atoms with E-state index in [0.29, 0.717) is 10.5 Å². The molecule has 0 bridgehead atoms. The minimum Gasteiger partial charge on any atom is -0.374 e. The molecule has 0 unspecified atom stereocenters. The Kier molecular flexibility index (Phi) is 4.67. The Labute approximate surface area is 177 Å². The maximum atomic E-state index is 13.7. The second kappa shape index (κ2) is 7.25. The van der Waals surface area contributed by atoms with Crippen molar-refractivity contribution in [1.29, 1.82) is 0 Å². The normalized spacial score (nSPS) is 17.8. The van der Waals surface area contributed by atoms with E-state index in [-0.39, 0.29) is 0 Å². The maximum absolute atomic E-state index is 13.7. The molecule has 0 saturated carbocycles. The monoisotopic (exact) mass is 422 g/mol. The molecule has 5 rings (SSSR count). The summed E-state index contributed by atoms with van der Waals surface area (Å²) in [6, 6.07) is 9.33. The average Bonchev–Trinajstić information content (AvgIpc) is 3.15. The van der Waals surface area contributed by atoms with Gasteiger partial charge in [0.25, 0.3) is 10.0 Å². The summed E-state index contributed by atoms with van der Waals surface area (Å²) in [6.07, 6.45) is 8.58. The van der Waals surface area contributed by atoms with E-state index in [0.717, 1.165) is 55.5 Å². The van der Waals surface area contributed by atoms with E-state index in [1.165, 1.54) is 15.1 Å². The number of fused-ring (bicyclic) bond motifs is 2. The van der Waals surface area contributed by atoms with Crippen LogP contribution in [0.4, 0.5) is 5.69 Å². The molecule has 2 aromatic heterocycles. The Hall–Kier alpha value is -2.64. The predicted octanol–water partition coefficient (Wildman–Crippen LogP) is 3.37. The number of nitrogens with zero attached hydrogens (tertiary/aromatic N) is 4. The zero-order chi connectivity index (χ0) is 20.9. The zero-order valence-electron chi connectivity index (χ0n) is 17.4. The summed E-state index contributed by atoms with van der Waals surface area (Å²) in [6.45, 7) is 2.77. The fraction of sp³-hybridized carbons (Fsp3) is 0.348. The number of likely N-dealkylation sites (N-methyl/N-ethyl adjacent to an activating group) is 1. The molecule has 2 aliphatic heterocycles. The molecule has 0 spiro atoms. The fourth-order valence-corrected chi connectivity index (χ4v) is 5.84. The summed E-state index contributed by atoms with van der Waals surface area (Å²) in [7, 11) is 0.351. The lowest BCUT2D eigenvalue weighted by molar-refractivity contribution is 0.370. The SMILES string of the molecule is CN1CC=C(c2cn(S(=O)(=O)c3ccc4c(c3)N(C)CCC4)c3ncccc23)CC1. The number of anilines is 1. The molecule has 7 heteroatoms. The second-order valence-corrected chi connectivity index (χ2v) is 10.1. The number of aryl methyl sites for hydroxylation is 1. The van der Waals surface area contributed by atoms with Crippen molar-refractivity contribution in [2.45, 2.75) is 24.2 Å². The standard InChI is InChI=1S/C23H26N4O2S/c1-25-13-9-17(10-14-25)21-16-27(23-20(21)6-3-11-24-23)30(28,29)19-8-7-18-5-4-12-26(2)22(18)15-19/h3,6-9,11,15-16H,4-5,10,12-14H2,1-2H3. The van der Waals surface area contributed by atoms with Gasteiger partial charge >= 0.3 is 0 Å². The number of rotatable bonds is 3. The Bertz CT molecular complexity index is 1260. The van der Waals surface area contributed by atoms with Crippen molar-refractivity contribution in [1.82, 2.24) is 13.9 Å². The van der Waals surface area contributed by atoms with Crippen LogP contribution in [-0.4, -0.2) is 56.0 Å². The quantitative estimate of drug-likeness (QED) is 0.648. The van der Waals surface area contributed by atoms with Crippen LogP contribution in [0.25, 0.3) is 16.6 Å². The molecule has 0 N–H and O–H groups in total. The molecular weight excluding hydrogens is 396 g/mol. The highest BCUT2D eigenvalue weighted by molar-refractivity contribution is 7.90. The molecular formula is C23H26N4O2S. The van der Waals surface area contributed by atoms with E-state index in [1.54, 1.807) is 18.5 Å². The van der Waals surface area contributed by atoms with Crippen molar-refractivity contribution in [3.8, 4) is 0 Å². The third-order valence-corrected chi connectivity index (χ3v) is 7.90. The Morgan fingerprint density at radius 1 is 1.07 bits per heavy atom. The smallest absolute Gasteiger partial charge is 0.269 e. The minimum absolute atomic E-state index is 0.307. The molecule has 0 radical (unpaired) electrons. The molecule has 0 atom stereocenters. The number of benzene rings is 1. The topological polar surface area (TPSA) is 58.4 Å². The van der Waals surface area contributed by atoms with Crippen LogP contribution in [0, 0.1) is 0 Å². The van der Waals surface area contributed by atoms with Crippen molar-refractivity contribution in [2.24, 2.45) is 0 Å². The molecule has 156 valence electrons. The van der Waals surface area contributed by atoms with Crippen LogP contribution < -0.4 is 4.90 Å². The largest absolute Gasteiger partial charge is 0.374 e. The first kappa shape index (κ1) is 19.3. The molecule has 30 heavy (non-hydrogen) atoms. The van der Waals surface area contributed by atoms with Gasteiger partial charge in [-0.1, -0.05) is 12.1 Å². The van der Waals surface area contributed by atoms with Gasteiger partial charge in [-0.25, -0.2) is 17.4 Å². The van der Waals surface area contributed by atoms with E-state index < -0.39 is 10.0 Å². The highest BCUT2D eigenvalue weighted by Gasteiger charge is 2.26. The van der Waals surface area contributed by atoms with Gasteiger partial charge in [0.05, 0.1) is 4.90 Å². The molecule has 3 aromatic rings. The van der Waals surface area contributed by atoms with Crippen molar-refractivity contribution < 1.29 is 8.42 Å². The van der Waals surface area contributed by atoms with Crippen molar-refractivity contribution >= 4 is 32.3 Å². The number of hydrogen-bond donors (Lipinski definition) is 0. The van der Waals surface area contributed by atoms with Gasteiger partial charge in [0, 0.05) is 55.7 Å². The third-order valence-electron chi connectivity index (χ3n) is 6.25. The van der Waals surface area contributed by atoms with Gasteiger partial charge in [0.1, 0.15) is 0 Å². The average molecular weight is 423 g/mol. The first-order valence-electron chi connectivity index (χ1n) is 10.4. The minimum atomic E-state index is -3.76. The summed E-state index contributed by atoms with van der Waals surface area (Å²) >= 11 is 0. The first-order chi connectivity index (χ1) is 14.4. The molecule has 6 nitrogen and oxygen atoms in total. The van der Waals surface area contributed by atoms with Gasteiger partial charge < -0.3 is 9.80 Å². The van der Waals surface area contributed by atoms with Crippen LogP contribution in [-0.2, 0) is 16.4 Å². The lowest BCUT2D eigenvalue weighted by Gasteiger charge is -2.27. The molecule has 1 aromatic carbocycles. The van der Waals surface area contributed by atoms with Crippen LogP contribution in [0.5, 0.6) is 0 Å². The van der Waals surface area contributed by atoms with Crippen LogP contribution in [0.1, 0.15) is 24.0 Å². The Balaban J connectivity index is 1.65. The number of aromatic nitrogens is 2. The van der Waals surface area contributed by atoms with Crippen LogP contribution >= 0.6 is 0 Å². The summed E-state index contributed by atoms with van der Waals surface area (Å²) in [5, 5.41) is 0.881. The molecule has 0 aliphatic carbocycles. The van der Waals surface area contributed by atoms with E-state index in [4.69, 9.17) is 0 Å². The molecule has 0 saturated heterocycles. The fourth-order valence-electron chi connectivity index (χ4n) is 4.50. The molecule has 2 aliphatic rings. The van der Waals surface area contributed by atoms with Crippen LogP contribution in [0.2, 0.25) is 0 Å². The maximum Gasteiger partial charge on any atom is 0.269 e. The van der Waals surface area contributed by atoms with Crippen molar-refractivity contribution in [2.75, 3.05) is 38.6 Å².